The molecule has 0 aliphatic heterocycles. The number of phenols is 1. The number of hydrogen-bond acceptors (Lipinski definition) is 8. The van der Waals surface area contributed by atoms with Crippen LogP contribution in [-0.2, 0) is 22.4 Å². The summed E-state index contributed by atoms with van der Waals surface area (Å²) < 4.78 is 16.8. The Balaban J connectivity index is 2.08. The highest BCUT2D eigenvalue weighted by Gasteiger charge is 2.19. The molecule has 1 N–H and O–H groups in total. The van der Waals surface area contributed by atoms with Crippen molar-refractivity contribution < 1.29 is 33.7 Å². The van der Waals surface area contributed by atoms with Crippen LogP contribution in [0.2, 0.25) is 0 Å². The molecule has 0 aromatic heterocycles. The van der Waals surface area contributed by atoms with Crippen molar-refractivity contribution in [1.82, 2.24) is 0 Å². The summed E-state index contributed by atoms with van der Waals surface area (Å²) in [6.45, 7) is 7.85. The fourth-order valence-electron chi connectivity index (χ4n) is 4.12. The summed E-state index contributed by atoms with van der Waals surface area (Å²) in [5.41, 5.74) is 2.56. The standard InChI is InChI=1S/C30H40O7S/c1-6-10-24-26(15-13-23(21(4)32)30(24)37-17-8-12-28(33)35-5)36-18-9-19-38-27-16-14-22(20(3)31)29(34)25(27)11-7-2/h13-16,34H,6-12,17-19H2,1-5H3. The summed E-state index contributed by atoms with van der Waals surface area (Å²) in [6.07, 6.45) is 4.62. The van der Waals surface area contributed by atoms with E-state index < -0.39 is 0 Å². The largest absolute Gasteiger partial charge is 0.507 e. The van der Waals surface area contributed by atoms with Gasteiger partial charge in [-0.2, -0.15) is 0 Å². The normalized spacial score (nSPS) is 10.8. The number of carbonyl (C=O) groups is 3. The molecular formula is C30H40O7S. The third-order valence-electron chi connectivity index (χ3n) is 6.02. The molecule has 0 heterocycles. The van der Waals surface area contributed by atoms with Gasteiger partial charge in [0.05, 0.1) is 31.5 Å². The molecule has 0 aliphatic rings. The molecule has 0 aliphatic carbocycles. The van der Waals surface area contributed by atoms with Crippen molar-refractivity contribution in [2.24, 2.45) is 0 Å². The number of thioether (sulfide) groups is 1. The Kier molecular flexibility index (Phi) is 13.2. The van der Waals surface area contributed by atoms with Crippen molar-refractivity contribution in [2.75, 3.05) is 26.1 Å². The van der Waals surface area contributed by atoms with Crippen LogP contribution in [0.4, 0.5) is 0 Å². The minimum Gasteiger partial charge on any atom is -0.507 e. The predicted octanol–water partition coefficient (Wildman–Crippen LogP) is 6.60. The zero-order chi connectivity index (χ0) is 28.1. The van der Waals surface area contributed by atoms with Gasteiger partial charge in [0.15, 0.2) is 11.6 Å². The van der Waals surface area contributed by atoms with Crippen molar-refractivity contribution in [3.05, 3.63) is 46.5 Å². The van der Waals surface area contributed by atoms with E-state index >= 15 is 0 Å². The summed E-state index contributed by atoms with van der Waals surface area (Å²) in [6, 6.07) is 7.16. The van der Waals surface area contributed by atoms with Gasteiger partial charge in [-0.1, -0.05) is 26.7 Å². The number of benzene rings is 2. The average molecular weight is 545 g/mol. The number of Topliss-reactive ketones (excluding diaryl/α,β-unsaturated/α-hetero) is 2. The molecule has 0 amide bonds. The van der Waals surface area contributed by atoms with Gasteiger partial charge < -0.3 is 19.3 Å². The molecule has 2 aromatic rings. The number of rotatable bonds is 17. The molecule has 7 nitrogen and oxygen atoms in total. The van der Waals surface area contributed by atoms with Crippen LogP contribution in [0.3, 0.4) is 0 Å². The van der Waals surface area contributed by atoms with Gasteiger partial charge in [0.1, 0.15) is 17.2 Å². The molecule has 0 fully saturated rings. The third kappa shape index (κ3) is 8.79. The Morgan fingerprint density at radius 2 is 1.47 bits per heavy atom. The summed E-state index contributed by atoms with van der Waals surface area (Å²) >= 11 is 1.64. The van der Waals surface area contributed by atoms with Crippen LogP contribution in [0.1, 0.15) is 91.6 Å². The molecule has 2 rings (SSSR count). The van der Waals surface area contributed by atoms with E-state index in [2.05, 4.69) is 11.7 Å². The topological polar surface area (TPSA) is 99.1 Å². The van der Waals surface area contributed by atoms with E-state index in [4.69, 9.17) is 9.47 Å². The van der Waals surface area contributed by atoms with E-state index in [9.17, 15) is 19.5 Å². The molecule has 0 saturated carbocycles. The van der Waals surface area contributed by atoms with Gasteiger partial charge in [0.25, 0.3) is 0 Å². The molecule has 38 heavy (non-hydrogen) atoms. The number of hydrogen-bond donors (Lipinski definition) is 1. The lowest BCUT2D eigenvalue weighted by atomic mass is 10.0. The van der Waals surface area contributed by atoms with E-state index in [1.807, 2.05) is 19.1 Å². The van der Waals surface area contributed by atoms with E-state index in [-0.39, 0.29) is 29.7 Å². The lowest BCUT2D eigenvalue weighted by molar-refractivity contribution is -0.140. The van der Waals surface area contributed by atoms with Crippen molar-refractivity contribution in [1.29, 1.82) is 0 Å². The molecular weight excluding hydrogens is 504 g/mol. The van der Waals surface area contributed by atoms with Crippen molar-refractivity contribution >= 4 is 29.3 Å². The molecule has 208 valence electrons. The zero-order valence-corrected chi connectivity index (χ0v) is 24.0. The Morgan fingerprint density at radius 3 is 2.11 bits per heavy atom. The van der Waals surface area contributed by atoms with Crippen LogP contribution in [0.25, 0.3) is 0 Å². The van der Waals surface area contributed by atoms with Crippen LogP contribution in [0.5, 0.6) is 17.2 Å². The van der Waals surface area contributed by atoms with E-state index in [1.165, 1.54) is 21.0 Å². The van der Waals surface area contributed by atoms with Crippen molar-refractivity contribution in [2.45, 2.75) is 77.5 Å². The fraction of sp³-hybridized carbons (Fsp3) is 0.500. The highest BCUT2D eigenvalue weighted by molar-refractivity contribution is 7.99. The summed E-state index contributed by atoms with van der Waals surface area (Å²) in [5.74, 6) is 1.57. The van der Waals surface area contributed by atoms with Crippen LogP contribution in [-0.4, -0.2) is 48.7 Å². The minimum atomic E-state index is -0.295. The number of aromatic hydroxyl groups is 1. The van der Waals surface area contributed by atoms with E-state index in [1.54, 1.807) is 23.9 Å². The van der Waals surface area contributed by atoms with Crippen LogP contribution in [0, 0.1) is 0 Å². The van der Waals surface area contributed by atoms with Gasteiger partial charge in [0, 0.05) is 28.2 Å². The molecule has 0 radical (unpaired) electrons. The van der Waals surface area contributed by atoms with Gasteiger partial charge in [-0.05, 0) is 63.8 Å². The second-order valence-electron chi connectivity index (χ2n) is 9.05. The molecule has 2 aromatic carbocycles. The second-order valence-corrected chi connectivity index (χ2v) is 10.2. The first-order valence-electron chi connectivity index (χ1n) is 13.2. The Morgan fingerprint density at radius 1 is 0.842 bits per heavy atom. The summed E-state index contributed by atoms with van der Waals surface area (Å²) in [4.78, 5) is 36.5. The number of phenolic OH excluding ortho intramolecular Hbond substituents is 1. The predicted molar refractivity (Wildman–Crippen MR) is 150 cm³/mol. The van der Waals surface area contributed by atoms with Gasteiger partial charge in [0.2, 0.25) is 0 Å². The Labute approximate surface area is 230 Å². The Bertz CT molecular complexity index is 1110. The quantitative estimate of drug-likeness (QED) is 0.103. The highest BCUT2D eigenvalue weighted by atomic mass is 32.2. The molecule has 0 bridgehead atoms. The van der Waals surface area contributed by atoms with Gasteiger partial charge in [-0.25, -0.2) is 0 Å². The number of ketones is 2. The van der Waals surface area contributed by atoms with E-state index in [0.717, 1.165) is 41.0 Å². The molecule has 0 spiro atoms. The smallest absolute Gasteiger partial charge is 0.305 e. The third-order valence-corrected chi connectivity index (χ3v) is 7.21. The molecule has 8 heteroatoms. The second kappa shape index (κ2) is 16.1. The molecule has 0 atom stereocenters. The number of methoxy groups -OCH3 is 1. The van der Waals surface area contributed by atoms with Crippen LogP contribution in [0.15, 0.2) is 29.2 Å². The minimum absolute atomic E-state index is 0.0878. The SMILES string of the molecule is CCCc1c(SCCCOc2ccc(C(C)=O)c(OCCCC(=O)OC)c2CCC)ccc(C(C)=O)c1O. The summed E-state index contributed by atoms with van der Waals surface area (Å²) in [7, 11) is 1.36. The number of carbonyl (C=O) groups excluding carboxylic acids is 3. The fourth-order valence-corrected chi connectivity index (χ4v) is 5.14. The highest BCUT2D eigenvalue weighted by Crippen LogP contribution is 2.36. The molecule has 0 saturated heterocycles. The lowest BCUT2D eigenvalue weighted by Crippen LogP contribution is -2.10. The van der Waals surface area contributed by atoms with E-state index in [0.29, 0.717) is 55.1 Å². The average Bonchev–Trinajstić information content (AvgIpc) is 2.88. The van der Waals surface area contributed by atoms with Gasteiger partial charge in [-0.15, -0.1) is 11.8 Å². The van der Waals surface area contributed by atoms with Crippen molar-refractivity contribution in [3.63, 3.8) is 0 Å². The first-order chi connectivity index (χ1) is 18.2. The van der Waals surface area contributed by atoms with Crippen molar-refractivity contribution in [3.8, 4) is 17.2 Å². The first kappa shape index (κ1) is 31.2. The lowest BCUT2D eigenvalue weighted by Gasteiger charge is -2.19. The number of esters is 1. The van der Waals surface area contributed by atoms with Crippen LogP contribution < -0.4 is 9.47 Å². The maximum Gasteiger partial charge on any atom is 0.305 e. The van der Waals surface area contributed by atoms with Crippen LogP contribution >= 0.6 is 11.8 Å². The Hall–Kier alpha value is -3.00. The zero-order valence-electron chi connectivity index (χ0n) is 23.2. The summed E-state index contributed by atoms with van der Waals surface area (Å²) in [5, 5.41) is 10.6. The maximum atomic E-state index is 12.3. The number of ether oxygens (including phenoxy) is 3. The molecule has 0 unspecified atom stereocenters. The van der Waals surface area contributed by atoms with Gasteiger partial charge >= 0.3 is 5.97 Å². The monoisotopic (exact) mass is 544 g/mol. The van der Waals surface area contributed by atoms with Gasteiger partial charge in [-0.3, -0.25) is 14.4 Å². The first-order valence-corrected chi connectivity index (χ1v) is 14.2. The maximum absolute atomic E-state index is 12.3.